The normalized spacial score (nSPS) is 13.3. The molecule has 0 unspecified atom stereocenters. The van der Waals surface area contributed by atoms with Crippen LogP contribution < -0.4 is 5.32 Å². The summed E-state index contributed by atoms with van der Waals surface area (Å²) in [6.07, 6.45) is 4.72. The predicted molar refractivity (Wildman–Crippen MR) is 78.7 cm³/mol. The third-order valence-corrected chi connectivity index (χ3v) is 4.30. The molecule has 0 saturated heterocycles. The predicted octanol–water partition coefficient (Wildman–Crippen LogP) is 3.69. The topological polar surface area (TPSA) is 37.8 Å². The molecule has 1 heterocycles. The van der Waals surface area contributed by atoms with Gasteiger partial charge in [-0.05, 0) is 49.4 Å². The monoisotopic (exact) mass is 289 g/mol. The van der Waals surface area contributed by atoms with Crippen LogP contribution in [0.15, 0.2) is 34.3 Å². The molecule has 2 aromatic rings. The van der Waals surface area contributed by atoms with Gasteiger partial charge in [0, 0.05) is 11.4 Å². The van der Waals surface area contributed by atoms with E-state index in [1.807, 2.05) is 13.0 Å². The van der Waals surface area contributed by atoms with Crippen LogP contribution in [-0.2, 0) is 12.8 Å². The summed E-state index contributed by atoms with van der Waals surface area (Å²) < 4.78 is 13.8. The summed E-state index contributed by atoms with van der Waals surface area (Å²) in [6, 6.07) is 6.35. The lowest BCUT2D eigenvalue weighted by Gasteiger charge is -2.07. The Labute approximate surface area is 122 Å². The highest BCUT2D eigenvalue weighted by molar-refractivity contribution is 7.99. The van der Waals surface area contributed by atoms with E-state index >= 15 is 0 Å². The summed E-state index contributed by atoms with van der Waals surface area (Å²) in [4.78, 5) is 9.17. The molecule has 0 atom stereocenters. The van der Waals surface area contributed by atoms with Crippen LogP contribution in [0.5, 0.6) is 0 Å². The van der Waals surface area contributed by atoms with Gasteiger partial charge < -0.3 is 5.32 Å². The largest absolute Gasteiger partial charge is 0.354 e. The molecule has 1 aromatic heterocycles. The zero-order valence-electron chi connectivity index (χ0n) is 11.3. The van der Waals surface area contributed by atoms with E-state index in [0.717, 1.165) is 17.7 Å². The van der Waals surface area contributed by atoms with Crippen LogP contribution in [0.25, 0.3) is 0 Å². The molecular weight excluding hydrogens is 273 g/mol. The van der Waals surface area contributed by atoms with Crippen LogP contribution in [0.4, 0.5) is 10.3 Å². The molecular formula is C15H16FN3S. The van der Waals surface area contributed by atoms with Gasteiger partial charge in [0.15, 0.2) is 5.82 Å². The second-order valence-electron chi connectivity index (χ2n) is 4.76. The van der Waals surface area contributed by atoms with Crippen molar-refractivity contribution >= 4 is 17.7 Å². The van der Waals surface area contributed by atoms with Gasteiger partial charge in [-0.25, -0.2) is 14.4 Å². The number of benzene rings is 1. The molecule has 0 fully saturated rings. The van der Waals surface area contributed by atoms with Gasteiger partial charge in [0.2, 0.25) is 5.95 Å². The fraction of sp³-hybridized carbons (Fsp3) is 0.333. The Kier molecular flexibility index (Phi) is 3.87. The van der Waals surface area contributed by atoms with Gasteiger partial charge in [0.25, 0.3) is 0 Å². The van der Waals surface area contributed by atoms with E-state index in [1.54, 1.807) is 0 Å². The summed E-state index contributed by atoms with van der Waals surface area (Å²) in [5, 5.41) is 3.37. The Balaban J connectivity index is 1.85. The number of fused-ring (bicyclic) bond motifs is 1. The van der Waals surface area contributed by atoms with Crippen LogP contribution in [0.2, 0.25) is 0 Å². The number of aryl methyl sites for hydroxylation is 2. The highest BCUT2D eigenvalue weighted by Gasteiger charge is 2.13. The Morgan fingerprint density at radius 2 is 2.15 bits per heavy atom. The average Bonchev–Trinajstić information content (AvgIpc) is 2.90. The van der Waals surface area contributed by atoms with E-state index in [0.29, 0.717) is 17.5 Å². The van der Waals surface area contributed by atoms with Gasteiger partial charge in [0.05, 0.1) is 6.20 Å². The van der Waals surface area contributed by atoms with Gasteiger partial charge in [0.1, 0.15) is 5.03 Å². The Hall–Kier alpha value is -1.62. The van der Waals surface area contributed by atoms with Crippen molar-refractivity contribution in [2.75, 3.05) is 11.9 Å². The summed E-state index contributed by atoms with van der Waals surface area (Å²) in [5.74, 6) is 0.0923. The minimum atomic E-state index is -0.378. The maximum atomic E-state index is 13.8. The number of rotatable bonds is 4. The van der Waals surface area contributed by atoms with E-state index in [9.17, 15) is 4.39 Å². The highest BCUT2D eigenvalue weighted by atomic mass is 32.2. The lowest BCUT2D eigenvalue weighted by atomic mass is 10.1. The third-order valence-electron chi connectivity index (χ3n) is 3.33. The smallest absolute Gasteiger partial charge is 0.223 e. The number of anilines is 1. The summed E-state index contributed by atoms with van der Waals surface area (Å²) in [6.45, 7) is 2.68. The summed E-state index contributed by atoms with van der Waals surface area (Å²) >= 11 is 1.35. The number of halogens is 1. The quantitative estimate of drug-likeness (QED) is 0.871. The van der Waals surface area contributed by atoms with Gasteiger partial charge in [-0.3, -0.25) is 0 Å². The first-order valence-corrected chi connectivity index (χ1v) is 7.64. The molecule has 1 N–H and O–H groups in total. The SMILES string of the molecule is CCNc1ncc(F)c(Sc2ccc3c(c2)CCC3)n1. The summed E-state index contributed by atoms with van der Waals surface area (Å²) in [5.41, 5.74) is 2.81. The molecule has 0 saturated carbocycles. The lowest BCUT2D eigenvalue weighted by Crippen LogP contribution is -2.03. The van der Waals surface area contributed by atoms with Gasteiger partial charge in [-0.15, -0.1) is 0 Å². The van der Waals surface area contributed by atoms with Crippen molar-refractivity contribution in [1.82, 2.24) is 9.97 Å². The molecule has 1 aliphatic rings. The van der Waals surface area contributed by atoms with Gasteiger partial charge in [-0.2, -0.15) is 0 Å². The highest BCUT2D eigenvalue weighted by Crippen LogP contribution is 2.32. The van der Waals surface area contributed by atoms with Crippen molar-refractivity contribution in [3.05, 3.63) is 41.3 Å². The first-order chi connectivity index (χ1) is 9.76. The van der Waals surface area contributed by atoms with Gasteiger partial charge >= 0.3 is 0 Å². The van der Waals surface area contributed by atoms with Crippen LogP contribution >= 0.6 is 11.8 Å². The first-order valence-electron chi connectivity index (χ1n) is 6.82. The fourth-order valence-electron chi connectivity index (χ4n) is 2.39. The number of aromatic nitrogens is 2. The minimum absolute atomic E-state index is 0.369. The summed E-state index contributed by atoms with van der Waals surface area (Å²) in [7, 11) is 0. The Morgan fingerprint density at radius 1 is 1.30 bits per heavy atom. The van der Waals surface area contributed by atoms with E-state index in [1.165, 1.54) is 35.5 Å². The molecule has 20 heavy (non-hydrogen) atoms. The molecule has 3 rings (SSSR count). The maximum Gasteiger partial charge on any atom is 0.223 e. The van der Waals surface area contributed by atoms with Crippen LogP contribution in [0.1, 0.15) is 24.5 Å². The van der Waals surface area contributed by atoms with Crippen molar-refractivity contribution in [1.29, 1.82) is 0 Å². The van der Waals surface area contributed by atoms with Crippen molar-refractivity contribution in [2.45, 2.75) is 36.1 Å². The molecule has 0 aliphatic heterocycles. The van der Waals surface area contributed by atoms with Crippen molar-refractivity contribution in [3.8, 4) is 0 Å². The minimum Gasteiger partial charge on any atom is -0.354 e. The Morgan fingerprint density at radius 3 is 3.00 bits per heavy atom. The zero-order valence-corrected chi connectivity index (χ0v) is 12.1. The number of nitrogens with zero attached hydrogens (tertiary/aromatic N) is 2. The molecule has 1 aromatic carbocycles. The van der Waals surface area contributed by atoms with E-state index in [4.69, 9.17) is 0 Å². The zero-order chi connectivity index (χ0) is 13.9. The van der Waals surface area contributed by atoms with E-state index in [2.05, 4.69) is 27.4 Å². The van der Waals surface area contributed by atoms with Gasteiger partial charge in [-0.1, -0.05) is 17.8 Å². The van der Waals surface area contributed by atoms with Crippen LogP contribution in [0.3, 0.4) is 0 Å². The number of hydrogen-bond donors (Lipinski definition) is 1. The van der Waals surface area contributed by atoms with E-state index < -0.39 is 0 Å². The molecule has 0 radical (unpaired) electrons. The second-order valence-corrected chi connectivity index (χ2v) is 5.83. The molecule has 0 spiro atoms. The van der Waals surface area contributed by atoms with E-state index in [-0.39, 0.29) is 5.82 Å². The number of hydrogen-bond acceptors (Lipinski definition) is 4. The molecule has 1 aliphatic carbocycles. The lowest BCUT2D eigenvalue weighted by molar-refractivity contribution is 0.580. The van der Waals surface area contributed by atoms with Crippen molar-refractivity contribution in [3.63, 3.8) is 0 Å². The second kappa shape index (κ2) is 5.79. The standard InChI is InChI=1S/C15H16FN3S/c1-2-17-15-18-9-13(16)14(19-15)20-12-7-6-10-4-3-5-11(10)8-12/h6-9H,2-5H2,1H3,(H,17,18,19). The average molecular weight is 289 g/mol. The van der Waals surface area contributed by atoms with Crippen molar-refractivity contribution < 1.29 is 4.39 Å². The molecule has 0 bridgehead atoms. The molecule has 104 valence electrons. The number of nitrogens with one attached hydrogen (secondary N) is 1. The Bertz CT molecular complexity index is 631. The maximum absolute atomic E-state index is 13.8. The van der Waals surface area contributed by atoms with Crippen LogP contribution in [0, 0.1) is 5.82 Å². The molecule has 5 heteroatoms. The fourth-order valence-corrected chi connectivity index (χ4v) is 3.23. The van der Waals surface area contributed by atoms with Crippen LogP contribution in [-0.4, -0.2) is 16.5 Å². The van der Waals surface area contributed by atoms with Crippen molar-refractivity contribution in [2.24, 2.45) is 0 Å². The first kappa shape index (κ1) is 13.4. The molecule has 3 nitrogen and oxygen atoms in total. The third kappa shape index (κ3) is 2.77. The molecule has 0 amide bonds.